The molecule has 3 aliphatic rings. The standard InChI is InChI=1S/C20H23FN2O3/c1-12-19(13-7-9-23(12)10-8-13)22-20(24)18-6-5-16(26-18)14-3-4-17(25-2)15(21)11-14/h3-6,11-13,19H,7-10H2,1-2H3,(H,22,24). The Hall–Kier alpha value is -2.34. The Kier molecular flexibility index (Phi) is 4.44. The van der Waals surface area contributed by atoms with Gasteiger partial charge in [-0.25, -0.2) is 4.39 Å². The van der Waals surface area contributed by atoms with Gasteiger partial charge in [0, 0.05) is 17.6 Å². The first-order chi connectivity index (χ1) is 12.6. The number of carbonyl (C=O) groups excluding carboxylic acids is 1. The van der Waals surface area contributed by atoms with E-state index in [0.29, 0.717) is 23.3 Å². The number of rotatable bonds is 4. The lowest BCUT2D eigenvalue weighted by Gasteiger charge is -2.49. The van der Waals surface area contributed by atoms with Crippen molar-refractivity contribution in [3.8, 4) is 17.1 Å². The largest absolute Gasteiger partial charge is 0.494 e. The number of nitrogens with one attached hydrogen (secondary N) is 1. The van der Waals surface area contributed by atoms with E-state index in [1.165, 1.54) is 13.2 Å². The Labute approximate surface area is 152 Å². The normalized spacial score (nSPS) is 27.3. The topological polar surface area (TPSA) is 54.7 Å². The number of amides is 1. The molecule has 26 heavy (non-hydrogen) atoms. The van der Waals surface area contributed by atoms with E-state index in [1.54, 1.807) is 24.3 Å². The van der Waals surface area contributed by atoms with Gasteiger partial charge >= 0.3 is 0 Å². The van der Waals surface area contributed by atoms with Gasteiger partial charge in [0.2, 0.25) is 0 Å². The first kappa shape index (κ1) is 17.1. The Bertz CT molecular complexity index is 809. The summed E-state index contributed by atoms with van der Waals surface area (Å²) >= 11 is 0. The van der Waals surface area contributed by atoms with Gasteiger partial charge < -0.3 is 14.5 Å². The Morgan fingerprint density at radius 2 is 2.04 bits per heavy atom. The predicted octanol–water partition coefficient (Wildman–Crippen LogP) is 3.31. The average molecular weight is 358 g/mol. The van der Waals surface area contributed by atoms with Crippen molar-refractivity contribution in [3.63, 3.8) is 0 Å². The van der Waals surface area contributed by atoms with Crippen LogP contribution in [0, 0.1) is 11.7 Å². The summed E-state index contributed by atoms with van der Waals surface area (Å²) in [6, 6.07) is 8.41. The molecule has 0 aliphatic carbocycles. The molecule has 0 spiro atoms. The van der Waals surface area contributed by atoms with Crippen LogP contribution >= 0.6 is 0 Å². The second-order valence-corrected chi connectivity index (χ2v) is 7.13. The summed E-state index contributed by atoms with van der Waals surface area (Å²) in [5.74, 6) is 0.738. The molecular formula is C20H23FN2O3. The quantitative estimate of drug-likeness (QED) is 0.911. The fourth-order valence-electron chi connectivity index (χ4n) is 4.20. The van der Waals surface area contributed by atoms with Gasteiger partial charge in [-0.3, -0.25) is 9.69 Å². The molecule has 4 heterocycles. The number of methoxy groups -OCH3 is 1. The summed E-state index contributed by atoms with van der Waals surface area (Å²) in [6.45, 7) is 4.40. The highest BCUT2D eigenvalue weighted by atomic mass is 19.1. The average Bonchev–Trinajstić information content (AvgIpc) is 3.15. The van der Waals surface area contributed by atoms with E-state index in [9.17, 15) is 9.18 Å². The molecule has 2 atom stereocenters. The molecule has 1 aromatic heterocycles. The van der Waals surface area contributed by atoms with E-state index in [2.05, 4.69) is 17.1 Å². The number of hydrogen-bond acceptors (Lipinski definition) is 4. The third-order valence-electron chi connectivity index (χ3n) is 5.74. The van der Waals surface area contributed by atoms with Crippen molar-refractivity contribution in [2.45, 2.75) is 31.8 Å². The minimum absolute atomic E-state index is 0.150. The van der Waals surface area contributed by atoms with Crippen LogP contribution in [-0.4, -0.2) is 43.1 Å². The van der Waals surface area contributed by atoms with Crippen LogP contribution in [0.5, 0.6) is 5.75 Å². The van der Waals surface area contributed by atoms with Crippen molar-refractivity contribution in [2.75, 3.05) is 20.2 Å². The summed E-state index contributed by atoms with van der Waals surface area (Å²) in [6.07, 6.45) is 2.26. The zero-order chi connectivity index (χ0) is 18.3. The number of halogens is 1. The molecule has 3 aliphatic heterocycles. The smallest absolute Gasteiger partial charge is 0.287 e. The number of furan rings is 1. The van der Waals surface area contributed by atoms with Crippen molar-refractivity contribution in [2.24, 2.45) is 5.92 Å². The highest BCUT2D eigenvalue weighted by Gasteiger charge is 2.40. The number of hydrogen-bond donors (Lipinski definition) is 1. The van der Waals surface area contributed by atoms with Crippen molar-refractivity contribution in [3.05, 3.63) is 41.9 Å². The van der Waals surface area contributed by atoms with E-state index in [0.717, 1.165) is 25.9 Å². The Morgan fingerprint density at radius 1 is 1.27 bits per heavy atom. The first-order valence-corrected chi connectivity index (χ1v) is 9.05. The van der Waals surface area contributed by atoms with Crippen molar-refractivity contribution < 1.29 is 18.3 Å². The first-order valence-electron chi connectivity index (χ1n) is 9.05. The van der Waals surface area contributed by atoms with Crippen LogP contribution < -0.4 is 10.1 Å². The number of fused-ring (bicyclic) bond motifs is 3. The molecule has 3 saturated heterocycles. The van der Waals surface area contributed by atoms with Crippen LogP contribution in [0.4, 0.5) is 4.39 Å². The molecule has 0 radical (unpaired) electrons. The third-order valence-corrected chi connectivity index (χ3v) is 5.74. The van der Waals surface area contributed by atoms with Crippen LogP contribution in [0.15, 0.2) is 34.7 Å². The van der Waals surface area contributed by atoms with Gasteiger partial charge in [0.15, 0.2) is 17.3 Å². The van der Waals surface area contributed by atoms with Gasteiger partial charge in [-0.1, -0.05) is 0 Å². The number of carbonyl (C=O) groups is 1. The van der Waals surface area contributed by atoms with Gasteiger partial charge in [-0.05, 0) is 69.1 Å². The van der Waals surface area contributed by atoms with E-state index < -0.39 is 5.82 Å². The Balaban J connectivity index is 1.49. The maximum absolute atomic E-state index is 13.9. The second-order valence-electron chi connectivity index (χ2n) is 7.13. The number of piperidine rings is 3. The predicted molar refractivity (Wildman–Crippen MR) is 95.7 cm³/mol. The van der Waals surface area contributed by atoms with Gasteiger partial charge in [-0.2, -0.15) is 0 Å². The fourth-order valence-corrected chi connectivity index (χ4v) is 4.20. The van der Waals surface area contributed by atoms with Crippen LogP contribution in [0.25, 0.3) is 11.3 Å². The van der Waals surface area contributed by atoms with E-state index in [-0.39, 0.29) is 23.5 Å². The van der Waals surface area contributed by atoms with Crippen molar-refractivity contribution >= 4 is 5.91 Å². The summed E-state index contributed by atoms with van der Waals surface area (Å²) in [5.41, 5.74) is 0.568. The monoisotopic (exact) mass is 358 g/mol. The van der Waals surface area contributed by atoms with Crippen LogP contribution in [0.2, 0.25) is 0 Å². The molecule has 5 rings (SSSR count). The molecule has 1 N–H and O–H groups in total. The van der Waals surface area contributed by atoms with Gasteiger partial charge in [-0.15, -0.1) is 0 Å². The highest BCUT2D eigenvalue weighted by Crippen LogP contribution is 2.32. The lowest BCUT2D eigenvalue weighted by atomic mass is 9.79. The maximum atomic E-state index is 13.9. The molecule has 0 saturated carbocycles. The number of benzene rings is 1. The molecule has 5 nitrogen and oxygen atoms in total. The number of nitrogens with zero attached hydrogens (tertiary/aromatic N) is 1. The lowest BCUT2D eigenvalue weighted by molar-refractivity contribution is 0.0211. The lowest BCUT2D eigenvalue weighted by Crippen LogP contribution is -2.62. The van der Waals surface area contributed by atoms with E-state index in [1.807, 2.05) is 0 Å². The molecule has 1 amide bonds. The molecule has 138 valence electrons. The van der Waals surface area contributed by atoms with Gasteiger partial charge in [0.05, 0.1) is 7.11 Å². The fraction of sp³-hybridized carbons (Fsp3) is 0.450. The summed E-state index contributed by atoms with van der Waals surface area (Å²) in [7, 11) is 1.42. The number of ether oxygens (including phenoxy) is 1. The minimum Gasteiger partial charge on any atom is -0.494 e. The Morgan fingerprint density at radius 3 is 2.69 bits per heavy atom. The summed E-state index contributed by atoms with van der Waals surface area (Å²) in [4.78, 5) is 15.1. The molecule has 1 aromatic carbocycles. The minimum atomic E-state index is -0.464. The second kappa shape index (κ2) is 6.76. The van der Waals surface area contributed by atoms with Gasteiger partial charge in [0.25, 0.3) is 5.91 Å². The molecular weight excluding hydrogens is 335 g/mol. The molecule has 2 aromatic rings. The highest BCUT2D eigenvalue weighted by molar-refractivity contribution is 5.92. The van der Waals surface area contributed by atoms with Gasteiger partial charge in [0.1, 0.15) is 5.76 Å². The van der Waals surface area contributed by atoms with Crippen molar-refractivity contribution in [1.29, 1.82) is 0 Å². The zero-order valence-electron chi connectivity index (χ0n) is 15.0. The van der Waals surface area contributed by atoms with Crippen molar-refractivity contribution in [1.82, 2.24) is 10.2 Å². The molecule has 6 heteroatoms. The maximum Gasteiger partial charge on any atom is 0.287 e. The van der Waals surface area contributed by atoms with Crippen LogP contribution in [0.3, 0.4) is 0 Å². The van der Waals surface area contributed by atoms with Crippen LogP contribution in [0.1, 0.15) is 30.3 Å². The summed E-state index contributed by atoms with van der Waals surface area (Å²) in [5, 5.41) is 3.14. The van der Waals surface area contributed by atoms with E-state index in [4.69, 9.17) is 9.15 Å². The summed E-state index contributed by atoms with van der Waals surface area (Å²) < 4.78 is 24.5. The zero-order valence-corrected chi connectivity index (χ0v) is 15.0. The van der Waals surface area contributed by atoms with E-state index >= 15 is 0 Å². The molecule has 2 bridgehead atoms. The molecule has 3 fully saturated rings. The molecule has 2 unspecified atom stereocenters. The third kappa shape index (κ3) is 2.98. The van der Waals surface area contributed by atoms with Crippen LogP contribution in [-0.2, 0) is 0 Å². The SMILES string of the molecule is COc1ccc(-c2ccc(C(=O)NC3C4CCN(CC4)C3C)o2)cc1F.